The smallest absolute Gasteiger partial charge is 0.322 e. The van der Waals surface area contributed by atoms with Crippen molar-refractivity contribution in [3.05, 3.63) is 24.3 Å². The number of benzene rings is 1. The number of rotatable bonds is 6. The van der Waals surface area contributed by atoms with Crippen molar-refractivity contribution in [2.24, 2.45) is 0 Å². The number of urea groups is 1. The highest BCUT2D eigenvalue weighted by Gasteiger charge is 2.17. The number of carbonyl (C=O) groups is 2. The monoisotopic (exact) mass is 296 g/mol. The molecule has 1 rings (SSSR count). The van der Waals surface area contributed by atoms with Crippen LogP contribution in [0.25, 0.3) is 0 Å². The fourth-order valence-electron chi connectivity index (χ4n) is 1.68. The van der Waals surface area contributed by atoms with Gasteiger partial charge in [-0.1, -0.05) is 0 Å². The summed E-state index contributed by atoms with van der Waals surface area (Å²) >= 11 is 1.63. The van der Waals surface area contributed by atoms with E-state index in [1.165, 1.54) is 4.90 Å². The number of carboxylic acids is 1. The quantitative estimate of drug-likeness (QED) is 0.791. The van der Waals surface area contributed by atoms with Crippen LogP contribution in [0.4, 0.5) is 10.5 Å². The number of carbonyl (C=O) groups excluding carboxylic acids is 1. The van der Waals surface area contributed by atoms with E-state index in [-0.39, 0.29) is 25.0 Å². The molecule has 0 spiro atoms. The van der Waals surface area contributed by atoms with Gasteiger partial charge in [-0.2, -0.15) is 0 Å². The Morgan fingerprint density at radius 2 is 1.90 bits per heavy atom. The standard InChI is InChI=1S/C14H20N2O3S/c1-10(2)16(9-8-13(17)18)14(19)15-11-4-6-12(20-3)7-5-11/h4-7,10H,8-9H2,1-3H3,(H,15,19)(H,17,18). The van der Waals surface area contributed by atoms with E-state index in [4.69, 9.17) is 5.11 Å². The molecule has 1 aromatic carbocycles. The molecule has 20 heavy (non-hydrogen) atoms. The summed E-state index contributed by atoms with van der Waals surface area (Å²) in [6.45, 7) is 3.91. The van der Waals surface area contributed by atoms with Gasteiger partial charge in [-0.3, -0.25) is 4.79 Å². The number of nitrogens with one attached hydrogen (secondary N) is 1. The molecule has 2 N–H and O–H groups in total. The first-order chi connectivity index (χ1) is 9.43. The summed E-state index contributed by atoms with van der Waals surface area (Å²) in [6, 6.07) is 7.19. The van der Waals surface area contributed by atoms with Crippen LogP contribution >= 0.6 is 11.8 Å². The van der Waals surface area contributed by atoms with Crippen molar-refractivity contribution in [1.29, 1.82) is 0 Å². The summed E-state index contributed by atoms with van der Waals surface area (Å²) in [6.07, 6.45) is 1.93. The third-order valence-corrected chi connectivity index (χ3v) is 3.54. The lowest BCUT2D eigenvalue weighted by atomic mass is 10.3. The Hall–Kier alpha value is -1.69. The second kappa shape index (κ2) is 7.79. The predicted octanol–water partition coefficient (Wildman–Crippen LogP) is 3.13. The van der Waals surface area contributed by atoms with Crippen molar-refractivity contribution in [3.63, 3.8) is 0 Å². The summed E-state index contributed by atoms with van der Waals surface area (Å²) in [7, 11) is 0. The number of hydrogen-bond donors (Lipinski definition) is 2. The normalized spacial score (nSPS) is 10.4. The zero-order chi connectivity index (χ0) is 15.1. The van der Waals surface area contributed by atoms with E-state index in [9.17, 15) is 9.59 Å². The van der Waals surface area contributed by atoms with Crippen molar-refractivity contribution in [2.45, 2.75) is 31.2 Å². The molecule has 0 atom stereocenters. The zero-order valence-corrected chi connectivity index (χ0v) is 12.7. The van der Waals surface area contributed by atoms with Crippen LogP contribution < -0.4 is 5.32 Å². The highest BCUT2D eigenvalue weighted by Crippen LogP contribution is 2.18. The molecule has 0 aliphatic rings. The fourth-order valence-corrected chi connectivity index (χ4v) is 2.09. The minimum Gasteiger partial charge on any atom is -0.481 e. The minimum absolute atomic E-state index is 0.0557. The van der Waals surface area contributed by atoms with Gasteiger partial charge in [-0.05, 0) is 44.4 Å². The number of hydrogen-bond acceptors (Lipinski definition) is 3. The molecule has 0 unspecified atom stereocenters. The number of aliphatic carboxylic acids is 1. The van der Waals surface area contributed by atoms with E-state index in [2.05, 4.69) is 5.32 Å². The highest BCUT2D eigenvalue weighted by atomic mass is 32.2. The second-order valence-electron chi connectivity index (χ2n) is 4.59. The molecule has 0 aromatic heterocycles. The number of carboxylic acid groups (broad SMARTS) is 1. The van der Waals surface area contributed by atoms with Crippen LogP contribution in [-0.4, -0.2) is 40.8 Å². The van der Waals surface area contributed by atoms with Crippen LogP contribution in [0.1, 0.15) is 20.3 Å². The summed E-state index contributed by atoms with van der Waals surface area (Å²) in [4.78, 5) is 25.4. The Kier molecular flexibility index (Phi) is 6.38. The molecule has 5 nitrogen and oxygen atoms in total. The first kappa shape index (κ1) is 16.4. The molecule has 1 aromatic rings. The topological polar surface area (TPSA) is 69.6 Å². The maximum absolute atomic E-state index is 12.1. The van der Waals surface area contributed by atoms with Crippen molar-refractivity contribution in [1.82, 2.24) is 4.90 Å². The van der Waals surface area contributed by atoms with Gasteiger partial charge in [0.1, 0.15) is 0 Å². The molecule has 0 aliphatic carbocycles. The van der Waals surface area contributed by atoms with Gasteiger partial charge in [-0.25, -0.2) is 4.79 Å². The van der Waals surface area contributed by atoms with E-state index in [1.807, 2.05) is 44.4 Å². The molecule has 0 heterocycles. The highest BCUT2D eigenvalue weighted by molar-refractivity contribution is 7.98. The molecule has 0 saturated heterocycles. The fraction of sp³-hybridized carbons (Fsp3) is 0.429. The molecule has 6 heteroatoms. The summed E-state index contributed by atoms with van der Waals surface area (Å²) in [5, 5.41) is 11.5. The molecule has 0 saturated carbocycles. The summed E-state index contributed by atoms with van der Waals surface area (Å²) < 4.78 is 0. The molecular weight excluding hydrogens is 276 g/mol. The first-order valence-corrected chi connectivity index (χ1v) is 7.60. The maximum Gasteiger partial charge on any atom is 0.322 e. The van der Waals surface area contributed by atoms with Crippen LogP contribution in [0, 0.1) is 0 Å². The van der Waals surface area contributed by atoms with Gasteiger partial charge < -0.3 is 15.3 Å². The number of amides is 2. The Balaban J connectivity index is 2.66. The van der Waals surface area contributed by atoms with Crippen molar-refractivity contribution < 1.29 is 14.7 Å². The van der Waals surface area contributed by atoms with Crippen LogP contribution in [0.15, 0.2) is 29.2 Å². The lowest BCUT2D eigenvalue weighted by molar-refractivity contribution is -0.137. The largest absolute Gasteiger partial charge is 0.481 e. The Bertz CT molecular complexity index is 460. The molecule has 2 amide bonds. The molecule has 0 fully saturated rings. The van der Waals surface area contributed by atoms with E-state index in [0.29, 0.717) is 5.69 Å². The van der Waals surface area contributed by atoms with Gasteiger partial charge in [-0.15, -0.1) is 11.8 Å². The van der Waals surface area contributed by atoms with Crippen molar-refractivity contribution in [3.8, 4) is 0 Å². The van der Waals surface area contributed by atoms with Gasteiger partial charge in [0.15, 0.2) is 0 Å². The first-order valence-electron chi connectivity index (χ1n) is 6.37. The third-order valence-electron chi connectivity index (χ3n) is 2.79. The molecule has 0 aliphatic heterocycles. The molecule has 0 radical (unpaired) electrons. The number of nitrogens with zero attached hydrogens (tertiary/aromatic N) is 1. The Morgan fingerprint density at radius 1 is 1.30 bits per heavy atom. The Morgan fingerprint density at radius 3 is 2.35 bits per heavy atom. The molecule has 110 valence electrons. The average Bonchev–Trinajstić information content (AvgIpc) is 2.39. The number of thioether (sulfide) groups is 1. The second-order valence-corrected chi connectivity index (χ2v) is 5.47. The van der Waals surface area contributed by atoms with E-state index < -0.39 is 5.97 Å². The zero-order valence-electron chi connectivity index (χ0n) is 11.9. The predicted molar refractivity (Wildman–Crippen MR) is 81.3 cm³/mol. The van der Waals surface area contributed by atoms with Crippen LogP contribution in [0.3, 0.4) is 0 Å². The molecule has 0 bridgehead atoms. The number of anilines is 1. The van der Waals surface area contributed by atoms with Gasteiger partial charge in [0.25, 0.3) is 0 Å². The Labute approximate surface area is 123 Å². The third kappa shape index (κ3) is 5.13. The molecular formula is C14H20N2O3S. The van der Waals surface area contributed by atoms with Crippen molar-refractivity contribution in [2.75, 3.05) is 18.1 Å². The lowest BCUT2D eigenvalue weighted by Crippen LogP contribution is -2.41. The van der Waals surface area contributed by atoms with Crippen LogP contribution in [0.5, 0.6) is 0 Å². The average molecular weight is 296 g/mol. The van der Waals surface area contributed by atoms with E-state index >= 15 is 0 Å². The van der Waals surface area contributed by atoms with E-state index in [0.717, 1.165) is 4.90 Å². The summed E-state index contributed by atoms with van der Waals surface area (Å²) in [5.41, 5.74) is 0.703. The lowest BCUT2D eigenvalue weighted by Gasteiger charge is -2.26. The van der Waals surface area contributed by atoms with Crippen LogP contribution in [0.2, 0.25) is 0 Å². The van der Waals surface area contributed by atoms with Gasteiger partial charge in [0.2, 0.25) is 0 Å². The van der Waals surface area contributed by atoms with Gasteiger partial charge in [0, 0.05) is 23.2 Å². The van der Waals surface area contributed by atoms with Gasteiger partial charge in [0.05, 0.1) is 6.42 Å². The summed E-state index contributed by atoms with van der Waals surface area (Å²) in [5.74, 6) is -0.909. The van der Waals surface area contributed by atoms with Gasteiger partial charge >= 0.3 is 12.0 Å². The van der Waals surface area contributed by atoms with E-state index in [1.54, 1.807) is 11.8 Å². The minimum atomic E-state index is -0.909. The van der Waals surface area contributed by atoms with Crippen molar-refractivity contribution >= 4 is 29.4 Å². The maximum atomic E-state index is 12.1. The SMILES string of the molecule is CSc1ccc(NC(=O)N(CCC(=O)O)C(C)C)cc1. The van der Waals surface area contributed by atoms with Crippen LogP contribution in [-0.2, 0) is 4.79 Å².